The van der Waals surface area contributed by atoms with E-state index in [-0.39, 0.29) is 47.7 Å². The molecule has 1 saturated carbocycles. The van der Waals surface area contributed by atoms with Crippen molar-refractivity contribution in [3.63, 3.8) is 0 Å². The Morgan fingerprint density at radius 2 is 1.81 bits per heavy atom. The number of sulfone groups is 1. The van der Waals surface area contributed by atoms with Crippen LogP contribution in [0.4, 0.5) is 0 Å². The van der Waals surface area contributed by atoms with Crippen molar-refractivity contribution in [3.8, 4) is 0 Å². The molecule has 3 heterocycles. The van der Waals surface area contributed by atoms with E-state index < -0.39 is 9.84 Å². The Balaban J connectivity index is 1.36. The van der Waals surface area contributed by atoms with Crippen LogP contribution in [0.2, 0.25) is 0 Å². The molecule has 1 unspecified atom stereocenters. The Hall–Kier alpha value is -1.94. The number of aryl methyl sites for hydroxylation is 1. The predicted molar refractivity (Wildman–Crippen MR) is 114 cm³/mol. The van der Waals surface area contributed by atoms with E-state index in [4.69, 9.17) is 4.52 Å². The van der Waals surface area contributed by atoms with Gasteiger partial charge in [-0.3, -0.25) is 14.5 Å². The standard InChI is InChI=1S/C21H32N4O5S/c1-16-13-19(30-22-16)21(27)24-10-8-23(9-11-24)14-20(26)25(17-5-3-2-4-6-17)18-7-12-31(28,29)15-18/h13,17-18H,2-12,14-15H2,1H3. The number of hydrogen-bond donors (Lipinski definition) is 0. The van der Waals surface area contributed by atoms with Crippen molar-refractivity contribution in [2.24, 2.45) is 0 Å². The molecular weight excluding hydrogens is 420 g/mol. The second kappa shape index (κ2) is 9.28. The molecule has 0 N–H and O–H groups in total. The van der Waals surface area contributed by atoms with Crippen molar-refractivity contribution in [2.45, 2.75) is 57.5 Å². The SMILES string of the molecule is Cc1cc(C(=O)N2CCN(CC(=O)N(C3CCCCC3)C3CCS(=O)(=O)C3)CC2)on1. The fourth-order valence-corrected chi connectivity index (χ4v) is 6.77. The van der Waals surface area contributed by atoms with Crippen LogP contribution in [0, 0.1) is 6.92 Å². The van der Waals surface area contributed by atoms with Crippen molar-refractivity contribution in [1.29, 1.82) is 0 Å². The monoisotopic (exact) mass is 452 g/mol. The summed E-state index contributed by atoms with van der Waals surface area (Å²) in [5.41, 5.74) is 0.671. The molecule has 4 rings (SSSR count). The topological polar surface area (TPSA) is 104 Å². The van der Waals surface area contributed by atoms with Gasteiger partial charge in [-0.15, -0.1) is 0 Å². The van der Waals surface area contributed by atoms with Gasteiger partial charge in [-0.05, 0) is 26.2 Å². The van der Waals surface area contributed by atoms with Gasteiger partial charge in [0.2, 0.25) is 11.7 Å². The minimum absolute atomic E-state index is 0.0274. The van der Waals surface area contributed by atoms with Crippen LogP contribution < -0.4 is 0 Å². The molecule has 1 atom stereocenters. The van der Waals surface area contributed by atoms with Crippen LogP contribution in [0.5, 0.6) is 0 Å². The number of hydrogen-bond acceptors (Lipinski definition) is 7. The predicted octanol–water partition coefficient (Wildman–Crippen LogP) is 1.09. The van der Waals surface area contributed by atoms with Crippen LogP contribution in [-0.2, 0) is 14.6 Å². The third-order valence-electron chi connectivity index (χ3n) is 6.71. The van der Waals surface area contributed by atoms with Gasteiger partial charge in [0.1, 0.15) is 0 Å². The maximum Gasteiger partial charge on any atom is 0.292 e. The molecule has 0 aromatic carbocycles. The van der Waals surface area contributed by atoms with Gasteiger partial charge in [0, 0.05) is 44.3 Å². The summed E-state index contributed by atoms with van der Waals surface area (Å²) in [4.78, 5) is 31.6. The lowest BCUT2D eigenvalue weighted by Gasteiger charge is -2.40. The number of nitrogens with zero attached hydrogens (tertiary/aromatic N) is 4. The van der Waals surface area contributed by atoms with Crippen molar-refractivity contribution in [2.75, 3.05) is 44.2 Å². The molecule has 2 saturated heterocycles. The maximum absolute atomic E-state index is 13.3. The Morgan fingerprint density at radius 1 is 1.10 bits per heavy atom. The number of aromatic nitrogens is 1. The molecule has 1 aliphatic carbocycles. The Bertz CT molecular complexity index is 901. The zero-order valence-corrected chi connectivity index (χ0v) is 19.0. The normalized spacial score (nSPS) is 24.9. The number of carbonyl (C=O) groups is 2. The zero-order chi connectivity index (χ0) is 22.0. The minimum atomic E-state index is -3.05. The number of rotatable bonds is 5. The first kappa shape index (κ1) is 22.3. The molecule has 0 spiro atoms. The van der Waals surface area contributed by atoms with Gasteiger partial charge in [0.15, 0.2) is 9.84 Å². The molecule has 9 nitrogen and oxygen atoms in total. The number of piperazine rings is 1. The summed E-state index contributed by atoms with van der Waals surface area (Å²) < 4.78 is 29.2. The van der Waals surface area contributed by atoms with Gasteiger partial charge in [0.25, 0.3) is 5.91 Å². The van der Waals surface area contributed by atoms with Crippen LogP contribution in [0.3, 0.4) is 0 Å². The van der Waals surface area contributed by atoms with Crippen LogP contribution in [-0.4, -0.2) is 96.4 Å². The summed E-state index contributed by atoms with van der Waals surface area (Å²) in [6, 6.07) is 1.59. The first-order chi connectivity index (χ1) is 14.8. The van der Waals surface area contributed by atoms with Gasteiger partial charge in [0.05, 0.1) is 23.7 Å². The summed E-state index contributed by atoms with van der Waals surface area (Å²) in [5, 5.41) is 3.77. The summed E-state index contributed by atoms with van der Waals surface area (Å²) in [5.74, 6) is 0.364. The third-order valence-corrected chi connectivity index (χ3v) is 8.47. The lowest BCUT2D eigenvalue weighted by Crippen LogP contribution is -2.55. The molecule has 0 bridgehead atoms. The Morgan fingerprint density at radius 3 is 2.39 bits per heavy atom. The van der Waals surface area contributed by atoms with Crippen LogP contribution in [0.25, 0.3) is 0 Å². The highest BCUT2D eigenvalue weighted by Gasteiger charge is 2.39. The molecule has 10 heteroatoms. The van der Waals surface area contributed by atoms with Crippen LogP contribution >= 0.6 is 0 Å². The van der Waals surface area contributed by atoms with Gasteiger partial charge in [-0.2, -0.15) is 0 Å². The molecule has 31 heavy (non-hydrogen) atoms. The molecule has 3 aliphatic rings. The number of amides is 2. The van der Waals surface area contributed by atoms with E-state index in [0.29, 0.717) is 38.3 Å². The molecule has 172 valence electrons. The van der Waals surface area contributed by atoms with E-state index in [0.717, 1.165) is 25.7 Å². The van der Waals surface area contributed by atoms with E-state index in [9.17, 15) is 18.0 Å². The van der Waals surface area contributed by atoms with E-state index >= 15 is 0 Å². The van der Waals surface area contributed by atoms with Crippen molar-refractivity contribution < 1.29 is 22.5 Å². The minimum Gasteiger partial charge on any atom is -0.351 e. The van der Waals surface area contributed by atoms with Crippen molar-refractivity contribution in [1.82, 2.24) is 19.9 Å². The maximum atomic E-state index is 13.3. The molecule has 1 aromatic rings. The summed E-state index contributed by atoms with van der Waals surface area (Å²) >= 11 is 0. The van der Waals surface area contributed by atoms with Gasteiger partial charge in [-0.1, -0.05) is 24.4 Å². The first-order valence-electron chi connectivity index (χ1n) is 11.3. The quantitative estimate of drug-likeness (QED) is 0.659. The smallest absolute Gasteiger partial charge is 0.292 e. The Labute approximate surface area is 183 Å². The Kier molecular flexibility index (Phi) is 6.66. The average molecular weight is 453 g/mol. The molecule has 2 aliphatic heterocycles. The fourth-order valence-electron chi connectivity index (χ4n) is 5.06. The van der Waals surface area contributed by atoms with Gasteiger partial charge >= 0.3 is 0 Å². The molecular formula is C21H32N4O5S. The van der Waals surface area contributed by atoms with Gasteiger partial charge < -0.3 is 14.3 Å². The lowest BCUT2D eigenvalue weighted by molar-refractivity contribution is -0.138. The summed E-state index contributed by atoms with van der Waals surface area (Å²) in [7, 11) is -3.05. The summed E-state index contributed by atoms with van der Waals surface area (Å²) in [6.07, 6.45) is 5.83. The molecule has 3 fully saturated rings. The van der Waals surface area contributed by atoms with E-state index in [2.05, 4.69) is 10.1 Å². The summed E-state index contributed by atoms with van der Waals surface area (Å²) in [6.45, 7) is 4.30. The number of carbonyl (C=O) groups excluding carboxylic acids is 2. The highest BCUT2D eigenvalue weighted by Crippen LogP contribution is 2.28. The highest BCUT2D eigenvalue weighted by atomic mass is 32.2. The van der Waals surface area contributed by atoms with E-state index in [1.807, 2.05) is 4.90 Å². The van der Waals surface area contributed by atoms with Gasteiger partial charge in [-0.25, -0.2) is 8.42 Å². The van der Waals surface area contributed by atoms with Crippen LogP contribution in [0.1, 0.15) is 54.8 Å². The first-order valence-corrected chi connectivity index (χ1v) is 13.1. The lowest BCUT2D eigenvalue weighted by atomic mass is 9.92. The highest BCUT2D eigenvalue weighted by molar-refractivity contribution is 7.91. The zero-order valence-electron chi connectivity index (χ0n) is 18.2. The molecule has 2 amide bonds. The van der Waals surface area contributed by atoms with Crippen LogP contribution in [0.15, 0.2) is 10.6 Å². The van der Waals surface area contributed by atoms with E-state index in [1.165, 1.54) is 6.42 Å². The molecule has 1 aromatic heterocycles. The average Bonchev–Trinajstić information content (AvgIpc) is 3.34. The fraction of sp³-hybridized carbons (Fsp3) is 0.762. The second-order valence-electron chi connectivity index (χ2n) is 9.05. The molecule has 0 radical (unpaired) electrons. The van der Waals surface area contributed by atoms with E-state index in [1.54, 1.807) is 17.9 Å². The largest absolute Gasteiger partial charge is 0.351 e. The van der Waals surface area contributed by atoms with Crippen molar-refractivity contribution >= 4 is 21.7 Å². The third kappa shape index (κ3) is 5.28. The van der Waals surface area contributed by atoms with Crippen molar-refractivity contribution in [3.05, 3.63) is 17.5 Å². The second-order valence-corrected chi connectivity index (χ2v) is 11.3.